The molecule has 0 radical (unpaired) electrons. The molecule has 0 spiro atoms. The number of alkyl halides is 2. The molecule has 0 saturated heterocycles. The van der Waals surface area contributed by atoms with E-state index in [2.05, 4.69) is 26.2 Å². The van der Waals surface area contributed by atoms with E-state index in [4.69, 9.17) is 0 Å². The second-order valence-electron chi connectivity index (χ2n) is 5.26. The molecule has 2 heterocycles. The zero-order chi connectivity index (χ0) is 15.0. The van der Waals surface area contributed by atoms with Crippen LogP contribution in [0.25, 0.3) is 10.2 Å². The van der Waals surface area contributed by atoms with Gasteiger partial charge in [-0.05, 0) is 34.8 Å². The van der Waals surface area contributed by atoms with E-state index in [0.717, 1.165) is 14.7 Å². The van der Waals surface area contributed by atoms with E-state index in [1.807, 2.05) is 6.07 Å². The van der Waals surface area contributed by atoms with Gasteiger partial charge in [0.2, 0.25) is 5.92 Å². The minimum atomic E-state index is -2.58. The van der Waals surface area contributed by atoms with Gasteiger partial charge in [0, 0.05) is 40.3 Å². The van der Waals surface area contributed by atoms with Crippen molar-refractivity contribution in [2.24, 2.45) is 0 Å². The summed E-state index contributed by atoms with van der Waals surface area (Å²) in [6.07, 6.45) is 2.01. The molecule has 1 aliphatic rings. The molecular formula is C14H13BrF2N2OS. The Kier molecular flexibility index (Phi) is 3.96. The summed E-state index contributed by atoms with van der Waals surface area (Å²) < 4.78 is 27.0. The lowest BCUT2D eigenvalue weighted by atomic mass is 9.92. The molecule has 112 valence electrons. The van der Waals surface area contributed by atoms with Crippen LogP contribution in [0.4, 0.5) is 8.78 Å². The maximum Gasteiger partial charge on any atom is 0.253 e. The lowest BCUT2D eigenvalue weighted by molar-refractivity contribution is -0.0399. The third-order valence-corrected chi connectivity index (χ3v) is 5.03. The number of aromatic nitrogens is 1. The number of hydrogen-bond donors (Lipinski definition) is 1. The Bertz CT molecular complexity index is 679. The molecule has 1 amide bonds. The first-order valence-corrected chi connectivity index (χ1v) is 8.33. The Labute approximate surface area is 132 Å². The Morgan fingerprint density at radius 2 is 2.14 bits per heavy atom. The zero-order valence-corrected chi connectivity index (χ0v) is 13.4. The van der Waals surface area contributed by atoms with Gasteiger partial charge in [-0.15, -0.1) is 11.3 Å². The SMILES string of the molecule is O=C(NC1CCC(F)(F)CC1)c1csc2ncc(Br)cc12. The van der Waals surface area contributed by atoms with E-state index in [1.54, 1.807) is 11.6 Å². The van der Waals surface area contributed by atoms with Crippen molar-refractivity contribution in [3.05, 3.63) is 27.7 Å². The number of thiophene rings is 1. The second-order valence-corrected chi connectivity index (χ2v) is 7.03. The maximum absolute atomic E-state index is 13.1. The molecule has 3 nitrogen and oxygen atoms in total. The molecule has 21 heavy (non-hydrogen) atoms. The van der Waals surface area contributed by atoms with Gasteiger partial charge in [0.05, 0.1) is 5.56 Å². The quantitative estimate of drug-likeness (QED) is 0.847. The van der Waals surface area contributed by atoms with Gasteiger partial charge in [0.1, 0.15) is 4.83 Å². The number of pyridine rings is 1. The first kappa shape index (κ1) is 14.8. The van der Waals surface area contributed by atoms with E-state index in [0.29, 0.717) is 18.4 Å². The van der Waals surface area contributed by atoms with Gasteiger partial charge >= 0.3 is 0 Å². The van der Waals surface area contributed by atoms with Crippen molar-refractivity contribution in [3.63, 3.8) is 0 Å². The topological polar surface area (TPSA) is 42.0 Å². The molecule has 0 bridgehead atoms. The molecule has 1 fully saturated rings. The number of rotatable bonds is 2. The molecule has 3 rings (SSSR count). The van der Waals surface area contributed by atoms with Crippen LogP contribution < -0.4 is 5.32 Å². The first-order chi connectivity index (χ1) is 9.94. The van der Waals surface area contributed by atoms with E-state index >= 15 is 0 Å². The maximum atomic E-state index is 13.1. The van der Waals surface area contributed by atoms with Gasteiger partial charge in [0.15, 0.2) is 0 Å². The van der Waals surface area contributed by atoms with Crippen LogP contribution in [0.1, 0.15) is 36.0 Å². The molecule has 0 atom stereocenters. The monoisotopic (exact) mass is 374 g/mol. The number of halogens is 3. The summed E-state index contributed by atoms with van der Waals surface area (Å²) in [4.78, 5) is 17.4. The van der Waals surface area contributed by atoms with E-state index < -0.39 is 5.92 Å². The Morgan fingerprint density at radius 3 is 2.86 bits per heavy atom. The number of hydrogen-bond acceptors (Lipinski definition) is 3. The van der Waals surface area contributed by atoms with Gasteiger partial charge in [-0.1, -0.05) is 0 Å². The molecule has 0 aromatic carbocycles. The number of carbonyl (C=O) groups is 1. The van der Waals surface area contributed by atoms with E-state index in [-0.39, 0.29) is 24.8 Å². The average Bonchev–Trinajstić information content (AvgIpc) is 2.84. The van der Waals surface area contributed by atoms with Crippen molar-refractivity contribution < 1.29 is 13.6 Å². The van der Waals surface area contributed by atoms with Gasteiger partial charge in [-0.2, -0.15) is 0 Å². The van der Waals surface area contributed by atoms with E-state index in [9.17, 15) is 13.6 Å². The molecule has 1 aliphatic carbocycles. The van der Waals surface area contributed by atoms with Crippen LogP contribution in [0.2, 0.25) is 0 Å². The summed E-state index contributed by atoms with van der Waals surface area (Å²) in [5.41, 5.74) is 0.557. The predicted molar refractivity (Wildman–Crippen MR) is 82.0 cm³/mol. The lowest BCUT2D eigenvalue weighted by Gasteiger charge is -2.28. The largest absolute Gasteiger partial charge is 0.349 e. The molecule has 2 aromatic rings. The van der Waals surface area contributed by atoms with E-state index in [1.165, 1.54) is 11.3 Å². The summed E-state index contributed by atoms with van der Waals surface area (Å²) >= 11 is 4.74. The number of carbonyl (C=O) groups excluding carboxylic acids is 1. The van der Waals surface area contributed by atoms with Gasteiger partial charge < -0.3 is 5.32 Å². The molecule has 7 heteroatoms. The normalized spacial score (nSPS) is 18.8. The Hall–Kier alpha value is -1.08. The van der Waals surface area contributed by atoms with Crippen molar-refractivity contribution in [3.8, 4) is 0 Å². The molecule has 1 saturated carbocycles. The molecule has 0 aliphatic heterocycles. The summed E-state index contributed by atoms with van der Waals surface area (Å²) in [5, 5.41) is 5.41. The molecule has 0 unspecified atom stereocenters. The van der Waals surface area contributed by atoms with Crippen molar-refractivity contribution in [2.45, 2.75) is 37.6 Å². The Balaban J connectivity index is 1.74. The fourth-order valence-electron chi connectivity index (χ4n) is 2.52. The minimum Gasteiger partial charge on any atom is -0.349 e. The molecule has 1 N–H and O–H groups in total. The van der Waals surface area contributed by atoms with Crippen LogP contribution in [0.15, 0.2) is 22.1 Å². The Morgan fingerprint density at radius 1 is 1.43 bits per heavy atom. The van der Waals surface area contributed by atoms with Crippen LogP contribution in [0.3, 0.4) is 0 Å². The highest BCUT2D eigenvalue weighted by atomic mass is 79.9. The number of nitrogens with zero attached hydrogens (tertiary/aromatic N) is 1. The standard InChI is InChI=1S/C14H13BrF2N2OS/c15-8-5-10-11(7-21-13(10)18-6-8)12(20)19-9-1-3-14(16,17)4-2-9/h5-7,9H,1-4H2,(H,19,20). The highest BCUT2D eigenvalue weighted by Gasteiger charge is 2.35. The summed E-state index contributed by atoms with van der Waals surface area (Å²) in [6, 6.07) is 1.68. The van der Waals surface area contributed by atoms with Gasteiger partial charge in [0.25, 0.3) is 5.91 Å². The predicted octanol–water partition coefficient (Wildman–Crippen LogP) is 4.37. The van der Waals surface area contributed by atoms with Gasteiger partial charge in [-0.25, -0.2) is 13.8 Å². The fourth-order valence-corrected chi connectivity index (χ4v) is 3.72. The van der Waals surface area contributed by atoms with Crippen LogP contribution >= 0.6 is 27.3 Å². The van der Waals surface area contributed by atoms with Crippen LogP contribution in [-0.4, -0.2) is 22.9 Å². The van der Waals surface area contributed by atoms with Crippen LogP contribution in [0, 0.1) is 0 Å². The van der Waals surface area contributed by atoms with Crippen LogP contribution in [-0.2, 0) is 0 Å². The highest BCUT2D eigenvalue weighted by Crippen LogP contribution is 2.33. The lowest BCUT2D eigenvalue weighted by Crippen LogP contribution is -2.40. The summed E-state index contributed by atoms with van der Waals surface area (Å²) in [5.74, 6) is -2.79. The molecule has 2 aromatic heterocycles. The second kappa shape index (κ2) is 5.61. The summed E-state index contributed by atoms with van der Waals surface area (Å²) in [6.45, 7) is 0. The smallest absolute Gasteiger partial charge is 0.253 e. The zero-order valence-electron chi connectivity index (χ0n) is 11.0. The van der Waals surface area contributed by atoms with Crippen molar-refractivity contribution in [1.29, 1.82) is 0 Å². The fraction of sp³-hybridized carbons (Fsp3) is 0.429. The highest BCUT2D eigenvalue weighted by molar-refractivity contribution is 9.10. The number of amides is 1. The number of fused-ring (bicyclic) bond motifs is 1. The van der Waals surface area contributed by atoms with Crippen molar-refractivity contribution in [1.82, 2.24) is 10.3 Å². The third-order valence-electron chi connectivity index (χ3n) is 3.69. The summed E-state index contributed by atoms with van der Waals surface area (Å²) in [7, 11) is 0. The first-order valence-electron chi connectivity index (χ1n) is 6.66. The van der Waals surface area contributed by atoms with Crippen molar-refractivity contribution >= 4 is 43.4 Å². The minimum absolute atomic E-state index is 0.157. The number of nitrogens with one attached hydrogen (secondary N) is 1. The molecular weight excluding hydrogens is 362 g/mol. The van der Waals surface area contributed by atoms with Crippen molar-refractivity contribution in [2.75, 3.05) is 0 Å². The third kappa shape index (κ3) is 3.23. The van der Waals surface area contributed by atoms with Crippen LogP contribution in [0.5, 0.6) is 0 Å². The van der Waals surface area contributed by atoms with Gasteiger partial charge in [-0.3, -0.25) is 4.79 Å². The average molecular weight is 375 g/mol.